The van der Waals surface area contributed by atoms with E-state index in [4.69, 9.17) is 23.7 Å². The van der Waals surface area contributed by atoms with Gasteiger partial charge in [-0.3, -0.25) is 4.79 Å². The molecule has 1 rings (SSSR count). The van der Waals surface area contributed by atoms with Crippen molar-refractivity contribution in [2.75, 3.05) is 26.1 Å². The molecule has 0 radical (unpaired) electrons. The van der Waals surface area contributed by atoms with Gasteiger partial charge in [0.1, 0.15) is 11.6 Å². The predicted molar refractivity (Wildman–Crippen MR) is 134 cm³/mol. The summed E-state index contributed by atoms with van der Waals surface area (Å²) in [6, 6.07) is -2.10. The zero-order chi connectivity index (χ0) is 27.2. The van der Waals surface area contributed by atoms with E-state index in [1.54, 1.807) is 20.8 Å². The summed E-state index contributed by atoms with van der Waals surface area (Å²) in [6.45, 7) is 18.4. The summed E-state index contributed by atoms with van der Waals surface area (Å²) < 4.78 is 26.6. The second kappa shape index (κ2) is 12.1. The second-order valence-electron chi connectivity index (χ2n) is 11.5. The zero-order valence-electron chi connectivity index (χ0n) is 23.0. The molecule has 0 aromatic rings. The number of hydrogen-bond acceptors (Lipinski definition) is 9. The largest absolute Gasteiger partial charge is 0.467 e. The average molecular weight is 521 g/mol. The summed E-state index contributed by atoms with van der Waals surface area (Å²) >= 11 is 1.45. The van der Waals surface area contributed by atoms with Gasteiger partial charge in [0, 0.05) is 10.5 Å². The third-order valence-electron chi connectivity index (χ3n) is 4.81. The van der Waals surface area contributed by atoms with Crippen LogP contribution >= 0.6 is 11.8 Å². The van der Waals surface area contributed by atoms with Crippen molar-refractivity contribution in [3.63, 3.8) is 0 Å². The normalized spacial score (nSPS) is 20.0. The summed E-state index contributed by atoms with van der Waals surface area (Å²) in [5.41, 5.74) is -1.28. The second-order valence-corrected chi connectivity index (χ2v) is 13.1. The number of esters is 1. The molecule has 0 aliphatic carbocycles. The van der Waals surface area contributed by atoms with Crippen LogP contribution in [0.2, 0.25) is 0 Å². The number of hydrogen-bond donors (Lipinski definition) is 2. The van der Waals surface area contributed by atoms with E-state index in [0.717, 1.165) is 0 Å². The van der Waals surface area contributed by atoms with Crippen LogP contribution in [0, 0.1) is 0 Å². The van der Waals surface area contributed by atoms with Crippen molar-refractivity contribution in [3.8, 4) is 0 Å². The minimum absolute atomic E-state index is 0.0863. The summed E-state index contributed by atoms with van der Waals surface area (Å²) in [5.74, 6) is -1.35. The van der Waals surface area contributed by atoms with Gasteiger partial charge in [-0.05, 0) is 69.2 Å². The summed E-state index contributed by atoms with van der Waals surface area (Å²) in [6.07, 6.45) is -0.906. The van der Waals surface area contributed by atoms with Gasteiger partial charge in [0.25, 0.3) is 0 Å². The first-order valence-electron chi connectivity index (χ1n) is 11.7. The zero-order valence-corrected chi connectivity index (χ0v) is 23.8. The highest BCUT2D eigenvalue weighted by atomic mass is 32.2. The van der Waals surface area contributed by atoms with Gasteiger partial charge in [-0.2, -0.15) is 11.8 Å². The lowest BCUT2D eigenvalue weighted by molar-refractivity contribution is -0.149. The molecule has 0 aromatic heterocycles. The fraction of sp³-hybridized carbons (Fsp3) is 0.875. The minimum Gasteiger partial charge on any atom is -0.467 e. The van der Waals surface area contributed by atoms with Gasteiger partial charge in [0.05, 0.1) is 32.0 Å². The Bertz CT molecular complexity index is 743. The molecule has 0 aromatic carbocycles. The monoisotopic (exact) mass is 520 g/mol. The van der Waals surface area contributed by atoms with E-state index in [9.17, 15) is 14.4 Å². The van der Waals surface area contributed by atoms with Crippen molar-refractivity contribution in [3.05, 3.63) is 0 Å². The predicted octanol–water partition coefficient (Wildman–Crippen LogP) is 3.02. The Kier molecular flexibility index (Phi) is 10.9. The molecule has 1 aliphatic rings. The lowest BCUT2D eigenvalue weighted by atomic mass is 10.0. The van der Waals surface area contributed by atoms with Crippen LogP contribution < -0.4 is 10.6 Å². The molecular weight excluding hydrogens is 476 g/mol. The maximum atomic E-state index is 13.4. The van der Waals surface area contributed by atoms with Crippen LogP contribution in [-0.4, -0.2) is 84.0 Å². The van der Waals surface area contributed by atoms with E-state index in [2.05, 4.69) is 10.6 Å². The van der Waals surface area contributed by atoms with Gasteiger partial charge in [-0.1, -0.05) is 0 Å². The molecule has 2 N–H and O–H groups in total. The SMILES string of the molecule is COC(=O)[C@H](COC(C)(C)C)NC(=O)[C@H](NC(=O)OC(C)(C)C)C(C)(C)SC[C@H]1COC(C)(C)O1. The van der Waals surface area contributed by atoms with E-state index in [1.165, 1.54) is 18.9 Å². The number of rotatable bonds is 10. The average Bonchev–Trinajstić information content (AvgIpc) is 3.03. The molecule has 0 saturated carbocycles. The van der Waals surface area contributed by atoms with Crippen molar-refractivity contribution in [1.29, 1.82) is 0 Å². The van der Waals surface area contributed by atoms with Gasteiger partial charge in [0.2, 0.25) is 5.91 Å². The lowest BCUT2D eigenvalue weighted by Gasteiger charge is -2.35. The Balaban J connectivity index is 3.06. The smallest absolute Gasteiger partial charge is 0.408 e. The molecule has 2 amide bonds. The number of methoxy groups -OCH3 is 1. The van der Waals surface area contributed by atoms with Gasteiger partial charge in [-0.15, -0.1) is 0 Å². The van der Waals surface area contributed by atoms with Crippen molar-refractivity contribution < 1.29 is 38.1 Å². The Morgan fingerprint density at radius 2 is 1.63 bits per heavy atom. The van der Waals surface area contributed by atoms with E-state index < -0.39 is 51.8 Å². The molecule has 11 heteroatoms. The summed E-state index contributed by atoms with van der Waals surface area (Å²) in [7, 11) is 1.24. The molecule has 1 saturated heterocycles. The van der Waals surface area contributed by atoms with Gasteiger partial charge < -0.3 is 34.3 Å². The molecule has 0 bridgehead atoms. The van der Waals surface area contributed by atoms with Crippen LogP contribution in [0.25, 0.3) is 0 Å². The Labute approximate surface area is 213 Å². The molecular formula is C24H44N2O8S. The lowest BCUT2D eigenvalue weighted by Crippen LogP contribution is -2.60. The van der Waals surface area contributed by atoms with Crippen LogP contribution in [0.1, 0.15) is 69.2 Å². The summed E-state index contributed by atoms with van der Waals surface area (Å²) in [4.78, 5) is 38.4. The fourth-order valence-corrected chi connectivity index (χ4v) is 4.23. The van der Waals surface area contributed by atoms with Gasteiger partial charge in [0.15, 0.2) is 11.8 Å². The van der Waals surface area contributed by atoms with E-state index in [1.807, 2.05) is 48.5 Å². The van der Waals surface area contributed by atoms with Crippen LogP contribution in [0.4, 0.5) is 4.79 Å². The molecule has 1 fully saturated rings. The first-order valence-corrected chi connectivity index (χ1v) is 12.7. The highest BCUT2D eigenvalue weighted by Gasteiger charge is 2.41. The van der Waals surface area contributed by atoms with Crippen molar-refractivity contribution >= 4 is 29.7 Å². The fourth-order valence-electron chi connectivity index (χ4n) is 3.12. The molecule has 204 valence electrons. The van der Waals surface area contributed by atoms with E-state index >= 15 is 0 Å². The number of alkyl carbamates (subject to hydrolysis) is 1. The van der Waals surface area contributed by atoms with E-state index in [0.29, 0.717) is 12.4 Å². The highest BCUT2D eigenvalue weighted by Crippen LogP contribution is 2.33. The standard InChI is InChI=1S/C24H44N2O8S/c1-21(2,3)31-13-16(19(28)30-11)25-18(27)17(26-20(29)34-22(4,5)6)23(7,8)35-14-15-12-32-24(9,10)33-15/h15-17H,12-14H2,1-11H3,(H,25,27)(H,26,29)/t15-,16+,17+/m1/s1. The van der Waals surface area contributed by atoms with Crippen molar-refractivity contribution in [1.82, 2.24) is 10.6 Å². The number of carbonyl (C=O) groups is 3. The van der Waals surface area contributed by atoms with E-state index in [-0.39, 0.29) is 12.7 Å². The van der Waals surface area contributed by atoms with Crippen molar-refractivity contribution in [2.24, 2.45) is 0 Å². The third-order valence-corrected chi connectivity index (χ3v) is 6.33. The van der Waals surface area contributed by atoms with Crippen molar-refractivity contribution in [2.45, 2.75) is 109 Å². The molecule has 0 unspecified atom stereocenters. The minimum atomic E-state index is -1.05. The highest BCUT2D eigenvalue weighted by molar-refractivity contribution is 8.00. The first kappa shape index (κ1) is 31.5. The maximum Gasteiger partial charge on any atom is 0.408 e. The molecule has 1 heterocycles. The number of amides is 2. The number of nitrogens with one attached hydrogen (secondary N) is 2. The molecule has 10 nitrogen and oxygen atoms in total. The molecule has 0 spiro atoms. The topological polar surface area (TPSA) is 121 Å². The third kappa shape index (κ3) is 11.8. The summed E-state index contributed by atoms with van der Waals surface area (Å²) in [5, 5.41) is 5.36. The number of carbonyl (C=O) groups excluding carboxylic acids is 3. The van der Waals surface area contributed by atoms with Crippen LogP contribution in [0.5, 0.6) is 0 Å². The molecule has 1 aliphatic heterocycles. The van der Waals surface area contributed by atoms with Crippen LogP contribution in [-0.2, 0) is 33.3 Å². The van der Waals surface area contributed by atoms with Gasteiger partial charge >= 0.3 is 12.1 Å². The Morgan fingerprint density at radius 1 is 1.03 bits per heavy atom. The maximum absolute atomic E-state index is 13.4. The molecule has 35 heavy (non-hydrogen) atoms. The molecule has 3 atom stereocenters. The Morgan fingerprint density at radius 3 is 2.09 bits per heavy atom. The quantitative estimate of drug-likeness (QED) is 0.419. The number of ether oxygens (including phenoxy) is 5. The Hall–Kier alpha value is -1.56. The van der Waals surface area contributed by atoms with Gasteiger partial charge in [-0.25, -0.2) is 9.59 Å². The van der Waals surface area contributed by atoms with Crippen LogP contribution in [0.15, 0.2) is 0 Å². The first-order chi connectivity index (χ1) is 15.7. The van der Waals surface area contributed by atoms with Crippen LogP contribution in [0.3, 0.4) is 0 Å². The number of thioether (sulfide) groups is 1.